The molecule has 4 rings (SSSR count). The molecule has 0 fully saturated rings. The van der Waals surface area contributed by atoms with Crippen molar-refractivity contribution in [3.8, 4) is 11.5 Å². The number of aliphatic hydroxyl groups is 1. The van der Waals surface area contributed by atoms with Crippen molar-refractivity contribution < 1.29 is 52.8 Å². The SMILES string of the molecule is CC(N)=NCCCC[C@H](NC(=O)c1cc(=O)c2c(OCC(O)COc3cccc4oc(C(=O)N[C@@H](CCCCN=C(C)N)C(=O)O)cc(=O)c34)cccc2o1)C(=O)O. The molecule has 2 amide bonds. The van der Waals surface area contributed by atoms with Crippen molar-refractivity contribution >= 4 is 57.4 Å². The molecule has 58 heavy (non-hydrogen) atoms. The molecule has 2 atom stereocenters. The number of nitrogens with one attached hydrogen (secondary N) is 2. The molecule has 2 aromatic heterocycles. The van der Waals surface area contributed by atoms with Gasteiger partial charge in [-0.3, -0.25) is 29.2 Å². The van der Waals surface area contributed by atoms with Crippen molar-refractivity contribution in [2.75, 3.05) is 26.3 Å². The molecule has 2 heterocycles. The Balaban J connectivity index is 1.37. The number of nitrogens with two attached hydrogens (primary N) is 2. The van der Waals surface area contributed by atoms with Gasteiger partial charge < -0.3 is 55.7 Å². The van der Waals surface area contributed by atoms with Gasteiger partial charge in [0.05, 0.1) is 11.7 Å². The third-order valence-corrected chi connectivity index (χ3v) is 8.47. The molecule has 310 valence electrons. The zero-order valence-corrected chi connectivity index (χ0v) is 31.9. The van der Waals surface area contributed by atoms with E-state index in [1.807, 2.05) is 0 Å². The second-order valence-electron chi connectivity index (χ2n) is 13.3. The lowest BCUT2D eigenvalue weighted by Crippen LogP contribution is -2.41. The first-order valence-corrected chi connectivity index (χ1v) is 18.3. The highest BCUT2D eigenvalue weighted by Gasteiger charge is 2.25. The molecule has 19 nitrogen and oxygen atoms in total. The van der Waals surface area contributed by atoms with E-state index in [9.17, 15) is 44.1 Å². The second kappa shape index (κ2) is 21.0. The Morgan fingerprint density at radius 1 is 0.690 bits per heavy atom. The summed E-state index contributed by atoms with van der Waals surface area (Å²) in [5, 5.41) is 34.6. The average molecular weight is 807 g/mol. The number of fused-ring (bicyclic) bond motifs is 2. The highest BCUT2D eigenvalue weighted by atomic mass is 16.5. The summed E-state index contributed by atoms with van der Waals surface area (Å²) in [5.74, 6) is -4.28. The number of carboxylic acid groups (broad SMARTS) is 2. The van der Waals surface area contributed by atoms with Gasteiger partial charge in [0.15, 0.2) is 22.4 Å². The van der Waals surface area contributed by atoms with Crippen LogP contribution in [0.4, 0.5) is 0 Å². The lowest BCUT2D eigenvalue weighted by Gasteiger charge is -2.16. The van der Waals surface area contributed by atoms with E-state index in [4.69, 9.17) is 29.8 Å². The number of aliphatic imine (C=N–C) groups is 2. The van der Waals surface area contributed by atoms with Crippen LogP contribution in [-0.2, 0) is 9.59 Å². The van der Waals surface area contributed by atoms with Crippen molar-refractivity contribution in [3.05, 3.63) is 80.5 Å². The van der Waals surface area contributed by atoms with Gasteiger partial charge in [0.2, 0.25) is 0 Å². The minimum absolute atomic E-state index is 0.0219. The van der Waals surface area contributed by atoms with Crippen molar-refractivity contribution in [1.82, 2.24) is 10.6 Å². The number of hydrogen-bond acceptors (Lipinski definition) is 13. The molecule has 0 spiro atoms. The van der Waals surface area contributed by atoms with Gasteiger partial charge in [0, 0.05) is 25.2 Å². The number of hydrogen-bond donors (Lipinski definition) is 7. The molecule has 0 saturated carbocycles. The Labute approximate surface area is 330 Å². The number of benzene rings is 2. The predicted molar refractivity (Wildman–Crippen MR) is 212 cm³/mol. The molecule has 0 aliphatic carbocycles. The molecule has 19 heteroatoms. The van der Waals surface area contributed by atoms with Crippen molar-refractivity contribution in [2.45, 2.75) is 70.6 Å². The van der Waals surface area contributed by atoms with Crippen LogP contribution < -0.4 is 42.4 Å². The van der Waals surface area contributed by atoms with Crippen LogP contribution >= 0.6 is 0 Å². The van der Waals surface area contributed by atoms with E-state index < -0.39 is 64.3 Å². The standard InChI is InChI=1S/C39H46N6O13/c1-21(40)42-15-5-3-9-24(38(51)52)44-36(49)32-17-26(47)34-28(11-7-13-30(34)57-32)55-19-23(46)20-56-29-12-8-14-31-35(29)27(48)18-33(58-31)37(50)45-25(39(53)54)10-4-6-16-43-22(2)41/h7-8,11-14,17-18,23-25,46H,3-6,9-10,15-16,19-20H2,1-2H3,(H2,40,42)(H2,41,43)(H,44,49)(H,45,50)(H,51,52)(H,53,54)/t24-,25-/m0/s1. The maximum Gasteiger partial charge on any atom is 0.326 e. The predicted octanol–water partition coefficient (Wildman–Crippen LogP) is 2.18. The number of rotatable bonds is 22. The van der Waals surface area contributed by atoms with Crippen molar-refractivity contribution in [3.63, 3.8) is 0 Å². The molecule has 4 aromatic rings. The zero-order chi connectivity index (χ0) is 42.4. The molecule has 0 bridgehead atoms. The fourth-order valence-corrected chi connectivity index (χ4v) is 5.65. The molecule has 2 aromatic carbocycles. The summed E-state index contributed by atoms with van der Waals surface area (Å²) in [7, 11) is 0. The largest absolute Gasteiger partial charge is 0.490 e. The van der Waals surface area contributed by atoms with E-state index in [-0.39, 0.29) is 59.5 Å². The van der Waals surface area contributed by atoms with Gasteiger partial charge >= 0.3 is 11.9 Å². The van der Waals surface area contributed by atoms with Crippen LogP contribution in [0.2, 0.25) is 0 Å². The van der Waals surface area contributed by atoms with E-state index in [1.165, 1.54) is 36.4 Å². The number of nitrogens with zero attached hydrogens (tertiary/aromatic N) is 2. The topological polar surface area (TPSA) is 309 Å². The highest BCUT2D eigenvalue weighted by molar-refractivity contribution is 5.97. The van der Waals surface area contributed by atoms with Gasteiger partial charge in [-0.15, -0.1) is 0 Å². The Bertz CT molecular complexity index is 2130. The van der Waals surface area contributed by atoms with E-state index in [2.05, 4.69) is 20.6 Å². The summed E-state index contributed by atoms with van der Waals surface area (Å²) >= 11 is 0. The minimum atomic E-state index is -1.29. The normalized spacial score (nSPS) is 13.4. The molecule has 0 unspecified atom stereocenters. The number of amides is 2. The number of aliphatic hydroxyl groups excluding tert-OH is 1. The fraction of sp³-hybridized carbons (Fsp3) is 0.385. The van der Waals surface area contributed by atoms with Crippen LogP contribution in [0.25, 0.3) is 21.9 Å². The van der Waals surface area contributed by atoms with Gasteiger partial charge in [-0.2, -0.15) is 0 Å². The average Bonchev–Trinajstić information content (AvgIpc) is 3.17. The number of amidine groups is 2. The maximum absolute atomic E-state index is 13.1. The van der Waals surface area contributed by atoms with Crippen LogP contribution in [0.3, 0.4) is 0 Å². The first kappa shape index (κ1) is 44.0. The lowest BCUT2D eigenvalue weighted by atomic mass is 10.1. The van der Waals surface area contributed by atoms with Crippen molar-refractivity contribution in [1.29, 1.82) is 0 Å². The summed E-state index contributed by atoms with van der Waals surface area (Å²) in [6, 6.07) is 8.06. The van der Waals surface area contributed by atoms with Gasteiger partial charge in [-0.1, -0.05) is 12.1 Å². The molecule has 0 saturated heterocycles. The first-order valence-electron chi connectivity index (χ1n) is 18.3. The number of carbonyl (C=O) groups is 4. The number of unbranched alkanes of at least 4 members (excludes halogenated alkanes) is 2. The maximum atomic E-state index is 13.1. The summed E-state index contributed by atoms with van der Waals surface area (Å²) in [4.78, 5) is 83.7. The molecule has 9 N–H and O–H groups in total. The third kappa shape index (κ3) is 12.6. The highest BCUT2D eigenvalue weighted by Crippen LogP contribution is 2.26. The molecular weight excluding hydrogens is 760 g/mol. The van der Waals surface area contributed by atoms with Gasteiger partial charge in [0.25, 0.3) is 11.8 Å². The van der Waals surface area contributed by atoms with E-state index in [0.717, 1.165) is 12.1 Å². The summed E-state index contributed by atoms with van der Waals surface area (Å²) in [6.45, 7) is 3.34. The Morgan fingerprint density at radius 3 is 1.45 bits per heavy atom. The quantitative estimate of drug-likeness (QED) is 0.0340. The Morgan fingerprint density at radius 2 is 1.09 bits per heavy atom. The molecule has 0 aliphatic rings. The number of carbonyl (C=O) groups excluding carboxylic acids is 2. The van der Waals surface area contributed by atoms with Crippen LogP contribution in [0.5, 0.6) is 11.5 Å². The monoisotopic (exact) mass is 806 g/mol. The minimum Gasteiger partial charge on any atom is -0.490 e. The fourth-order valence-electron chi connectivity index (χ4n) is 5.65. The Kier molecular flexibility index (Phi) is 15.9. The summed E-state index contributed by atoms with van der Waals surface area (Å²) in [5.41, 5.74) is 9.63. The summed E-state index contributed by atoms with van der Waals surface area (Å²) in [6.07, 6.45) is 0.924. The second-order valence-corrected chi connectivity index (χ2v) is 13.3. The van der Waals surface area contributed by atoms with Crippen molar-refractivity contribution in [2.24, 2.45) is 21.5 Å². The van der Waals surface area contributed by atoms with E-state index in [1.54, 1.807) is 13.8 Å². The van der Waals surface area contributed by atoms with Gasteiger partial charge in [0.1, 0.15) is 64.8 Å². The summed E-state index contributed by atoms with van der Waals surface area (Å²) < 4.78 is 22.7. The van der Waals surface area contributed by atoms with Crippen LogP contribution in [0, 0.1) is 0 Å². The van der Waals surface area contributed by atoms with Crippen LogP contribution in [-0.4, -0.2) is 95.2 Å². The van der Waals surface area contributed by atoms with Crippen LogP contribution in [0.15, 0.2) is 76.9 Å². The zero-order valence-electron chi connectivity index (χ0n) is 31.9. The van der Waals surface area contributed by atoms with Gasteiger partial charge in [-0.05, 0) is 76.6 Å². The molecule has 0 radical (unpaired) electrons. The number of carboxylic acids is 2. The molecule has 0 aliphatic heterocycles. The van der Waals surface area contributed by atoms with Gasteiger partial charge in [-0.25, -0.2) is 9.59 Å². The van der Waals surface area contributed by atoms with E-state index in [0.29, 0.717) is 50.4 Å². The first-order chi connectivity index (χ1) is 27.6. The number of aliphatic carboxylic acids is 2. The Hall–Kier alpha value is -6.76. The van der Waals surface area contributed by atoms with E-state index >= 15 is 0 Å². The number of ether oxygens (including phenoxy) is 2. The van der Waals surface area contributed by atoms with Crippen LogP contribution in [0.1, 0.15) is 73.5 Å². The smallest absolute Gasteiger partial charge is 0.326 e. The molecular formula is C39H46N6O13. The lowest BCUT2D eigenvalue weighted by molar-refractivity contribution is -0.140. The third-order valence-electron chi connectivity index (χ3n) is 8.47.